The second kappa shape index (κ2) is 7.36. The number of H-pyrrole nitrogens is 1. The smallest absolute Gasteiger partial charge is 0.222 e. The maximum Gasteiger partial charge on any atom is 0.222 e. The third kappa shape index (κ3) is 3.39. The number of nitrogens with one attached hydrogen (secondary N) is 1. The number of hydrogen-bond acceptors (Lipinski definition) is 3. The van der Waals surface area contributed by atoms with Gasteiger partial charge in [0.25, 0.3) is 0 Å². The van der Waals surface area contributed by atoms with E-state index in [9.17, 15) is 0 Å². The fraction of sp³-hybridized carbons (Fsp3) is 0.500. The molecule has 2 rings (SSSR count). The molecule has 2 aromatic heterocycles. The van der Waals surface area contributed by atoms with Gasteiger partial charge in [0.05, 0.1) is 18.0 Å². The van der Waals surface area contributed by atoms with Gasteiger partial charge in [-0.05, 0) is 31.1 Å². The number of aromatic nitrogens is 2. The van der Waals surface area contributed by atoms with Crippen LogP contribution in [0.5, 0.6) is 5.88 Å². The highest BCUT2D eigenvalue weighted by atomic mass is 35.5. The van der Waals surface area contributed by atoms with Crippen LogP contribution in [-0.4, -0.2) is 41.6 Å². The molecule has 0 aliphatic carbocycles. The Labute approximate surface area is 120 Å². The van der Waals surface area contributed by atoms with Gasteiger partial charge in [-0.2, -0.15) is 0 Å². The SMILES string of the molecule is CCN(CC)CCc1c[nH]c2ccnc(OC)c12.Cl. The van der Waals surface area contributed by atoms with E-state index in [1.165, 1.54) is 5.56 Å². The van der Waals surface area contributed by atoms with E-state index in [1.54, 1.807) is 13.3 Å². The lowest BCUT2D eigenvalue weighted by atomic mass is 10.1. The summed E-state index contributed by atoms with van der Waals surface area (Å²) in [5.74, 6) is 0.711. The number of pyridine rings is 1. The fourth-order valence-corrected chi connectivity index (χ4v) is 2.28. The third-order valence-electron chi connectivity index (χ3n) is 3.42. The minimum Gasteiger partial charge on any atom is -0.480 e. The number of aromatic amines is 1. The van der Waals surface area contributed by atoms with E-state index in [0.717, 1.165) is 37.0 Å². The number of halogens is 1. The predicted octanol–water partition coefficient (Wildman–Crippen LogP) is 2.88. The molecular weight excluding hydrogens is 262 g/mol. The topological polar surface area (TPSA) is 41.2 Å². The normalized spacial score (nSPS) is 10.7. The van der Waals surface area contributed by atoms with Gasteiger partial charge in [0.15, 0.2) is 0 Å². The first-order chi connectivity index (χ1) is 8.80. The van der Waals surface area contributed by atoms with Gasteiger partial charge < -0.3 is 14.6 Å². The Morgan fingerprint density at radius 1 is 1.32 bits per heavy atom. The molecular formula is C14H22ClN3O. The molecule has 0 bridgehead atoms. The molecule has 0 unspecified atom stereocenters. The summed E-state index contributed by atoms with van der Waals surface area (Å²) in [4.78, 5) is 9.97. The van der Waals surface area contributed by atoms with Gasteiger partial charge in [-0.3, -0.25) is 0 Å². The highest BCUT2D eigenvalue weighted by molar-refractivity contribution is 5.87. The van der Waals surface area contributed by atoms with Crippen LogP contribution in [-0.2, 0) is 6.42 Å². The predicted molar refractivity (Wildman–Crippen MR) is 81.4 cm³/mol. The zero-order valence-electron chi connectivity index (χ0n) is 11.8. The van der Waals surface area contributed by atoms with Crippen LogP contribution in [0.2, 0.25) is 0 Å². The first kappa shape index (κ1) is 15.8. The van der Waals surface area contributed by atoms with E-state index in [4.69, 9.17) is 4.74 Å². The molecule has 5 heteroatoms. The summed E-state index contributed by atoms with van der Waals surface area (Å²) in [5, 5.41) is 1.12. The van der Waals surface area contributed by atoms with Gasteiger partial charge in [-0.1, -0.05) is 13.8 Å². The second-order valence-electron chi connectivity index (χ2n) is 4.33. The Morgan fingerprint density at radius 2 is 2.05 bits per heavy atom. The molecule has 4 nitrogen and oxygen atoms in total. The molecule has 0 aliphatic rings. The maximum atomic E-state index is 5.34. The van der Waals surface area contributed by atoms with Crippen molar-refractivity contribution in [2.24, 2.45) is 0 Å². The van der Waals surface area contributed by atoms with Crippen molar-refractivity contribution in [3.63, 3.8) is 0 Å². The zero-order chi connectivity index (χ0) is 13.0. The van der Waals surface area contributed by atoms with E-state index in [-0.39, 0.29) is 12.4 Å². The summed E-state index contributed by atoms with van der Waals surface area (Å²) in [6, 6.07) is 1.98. The number of rotatable bonds is 6. The molecule has 19 heavy (non-hydrogen) atoms. The van der Waals surface area contributed by atoms with Crippen molar-refractivity contribution in [1.29, 1.82) is 0 Å². The average molecular weight is 284 g/mol. The molecule has 0 amide bonds. The van der Waals surface area contributed by atoms with Gasteiger partial charge in [0, 0.05) is 18.9 Å². The first-order valence-electron chi connectivity index (χ1n) is 6.51. The molecule has 0 saturated carbocycles. The molecule has 0 saturated heterocycles. The second-order valence-corrected chi connectivity index (χ2v) is 4.33. The minimum atomic E-state index is 0. The highest BCUT2D eigenvalue weighted by Crippen LogP contribution is 2.26. The van der Waals surface area contributed by atoms with Crippen LogP contribution in [0, 0.1) is 0 Å². The minimum absolute atomic E-state index is 0. The van der Waals surface area contributed by atoms with Crippen LogP contribution in [0.3, 0.4) is 0 Å². The number of hydrogen-bond donors (Lipinski definition) is 1. The van der Waals surface area contributed by atoms with Crippen LogP contribution >= 0.6 is 12.4 Å². The molecule has 0 radical (unpaired) electrons. The summed E-state index contributed by atoms with van der Waals surface area (Å²) in [7, 11) is 1.67. The number of fused-ring (bicyclic) bond motifs is 1. The highest BCUT2D eigenvalue weighted by Gasteiger charge is 2.10. The van der Waals surface area contributed by atoms with Gasteiger partial charge in [-0.25, -0.2) is 4.98 Å². The lowest BCUT2D eigenvalue weighted by Gasteiger charge is -2.17. The number of likely N-dealkylation sites (N-methyl/N-ethyl adjacent to an activating group) is 1. The van der Waals surface area contributed by atoms with Crippen molar-refractivity contribution in [3.05, 3.63) is 24.0 Å². The van der Waals surface area contributed by atoms with E-state index < -0.39 is 0 Å². The molecule has 106 valence electrons. The Kier molecular flexibility index (Phi) is 6.12. The van der Waals surface area contributed by atoms with Gasteiger partial charge in [-0.15, -0.1) is 12.4 Å². The van der Waals surface area contributed by atoms with Crippen molar-refractivity contribution < 1.29 is 4.74 Å². The number of methoxy groups -OCH3 is 1. The van der Waals surface area contributed by atoms with Gasteiger partial charge in [0.1, 0.15) is 0 Å². The van der Waals surface area contributed by atoms with Crippen LogP contribution in [0.1, 0.15) is 19.4 Å². The van der Waals surface area contributed by atoms with Gasteiger partial charge in [0.2, 0.25) is 5.88 Å². The van der Waals surface area contributed by atoms with Crippen LogP contribution in [0.15, 0.2) is 18.5 Å². The lowest BCUT2D eigenvalue weighted by molar-refractivity contribution is 0.308. The largest absolute Gasteiger partial charge is 0.480 e. The standard InChI is InChI=1S/C14H21N3O.ClH/c1-4-17(5-2)9-7-11-10-16-12-6-8-15-14(18-3)13(11)12;/h6,8,10,16H,4-5,7,9H2,1-3H3;1H. The monoisotopic (exact) mass is 283 g/mol. The van der Waals surface area contributed by atoms with E-state index in [2.05, 4.69) is 34.9 Å². The molecule has 2 heterocycles. The van der Waals surface area contributed by atoms with Crippen molar-refractivity contribution >= 4 is 23.3 Å². The van der Waals surface area contributed by atoms with Crippen LogP contribution in [0.4, 0.5) is 0 Å². The summed E-state index contributed by atoms with van der Waals surface area (Å²) in [5.41, 5.74) is 2.37. The van der Waals surface area contributed by atoms with Crippen molar-refractivity contribution in [1.82, 2.24) is 14.9 Å². The summed E-state index contributed by atoms with van der Waals surface area (Å²) in [6.07, 6.45) is 4.86. The molecule has 1 N–H and O–H groups in total. The zero-order valence-corrected chi connectivity index (χ0v) is 12.6. The fourth-order valence-electron chi connectivity index (χ4n) is 2.28. The number of ether oxygens (including phenoxy) is 1. The summed E-state index contributed by atoms with van der Waals surface area (Å²) >= 11 is 0. The van der Waals surface area contributed by atoms with Crippen molar-refractivity contribution in [2.75, 3.05) is 26.7 Å². The quantitative estimate of drug-likeness (QED) is 0.886. The Bertz CT molecular complexity index is 508. The molecule has 0 aliphatic heterocycles. The summed E-state index contributed by atoms with van der Waals surface area (Å²) < 4.78 is 5.34. The van der Waals surface area contributed by atoms with E-state index in [1.807, 2.05) is 6.07 Å². The third-order valence-corrected chi connectivity index (χ3v) is 3.42. The Morgan fingerprint density at radius 3 is 2.68 bits per heavy atom. The van der Waals surface area contributed by atoms with Crippen molar-refractivity contribution in [3.8, 4) is 5.88 Å². The van der Waals surface area contributed by atoms with Crippen LogP contribution in [0.25, 0.3) is 10.9 Å². The van der Waals surface area contributed by atoms with Crippen molar-refractivity contribution in [2.45, 2.75) is 20.3 Å². The molecule has 0 atom stereocenters. The van der Waals surface area contributed by atoms with Crippen LogP contribution < -0.4 is 4.74 Å². The average Bonchev–Trinajstić information content (AvgIpc) is 2.83. The number of nitrogens with zero attached hydrogens (tertiary/aromatic N) is 2. The molecule has 0 aromatic carbocycles. The Hall–Kier alpha value is -1.26. The van der Waals surface area contributed by atoms with E-state index in [0.29, 0.717) is 5.88 Å². The lowest BCUT2D eigenvalue weighted by Crippen LogP contribution is -2.25. The first-order valence-corrected chi connectivity index (χ1v) is 6.51. The van der Waals surface area contributed by atoms with E-state index >= 15 is 0 Å². The molecule has 0 spiro atoms. The molecule has 0 fully saturated rings. The Balaban J connectivity index is 0.00000180. The summed E-state index contributed by atoms with van der Waals surface area (Å²) in [6.45, 7) is 7.64. The maximum absolute atomic E-state index is 5.34. The molecule has 2 aromatic rings. The van der Waals surface area contributed by atoms with Gasteiger partial charge >= 0.3 is 0 Å².